The van der Waals surface area contributed by atoms with E-state index in [1.54, 1.807) is 0 Å². The summed E-state index contributed by atoms with van der Waals surface area (Å²) in [7, 11) is 0. The van der Waals surface area contributed by atoms with Crippen LogP contribution in [0.2, 0.25) is 0 Å². The minimum Gasteiger partial charge on any atom is -0.357 e. The number of carbonyl (C=O) groups is 1. The molecule has 154 valence electrons. The number of carbonyl (C=O) groups excluding carboxylic acids is 1. The molecule has 1 aromatic carbocycles. The maximum Gasteiger partial charge on any atom is 0.242 e. The van der Waals surface area contributed by atoms with E-state index < -0.39 is 0 Å². The van der Waals surface area contributed by atoms with E-state index in [9.17, 15) is 4.79 Å². The molecular weight excluding hydrogens is 465 g/mol. The molecule has 0 bridgehead atoms. The molecule has 0 spiro atoms. The van der Waals surface area contributed by atoms with Crippen LogP contribution >= 0.6 is 24.0 Å². The van der Waals surface area contributed by atoms with Crippen LogP contribution in [0.3, 0.4) is 0 Å². The molecular formula is C21H32IN5O. The molecule has 1 amide bonds. The summed E-state index contributed by atoms with van der Waals surface area (Å²) in [6.07, 6.45) is 6.62. The molecule has 0 unspecified atom stereocenters. The first-order valence-corrected chi connectivity index (χ1v) is 10.0. The highest BCUT2D eigenvalue weighted by Gasteiger charge is 2.23. The second-order valence-corrected chi connectivity index (χ2v) is 7.11. The van der Waals surface area contributed by atoms with Gasteiger partial charge in [0.05, 0.1) is 0 Å². The fourth-order valence-electron chi connectivity index (χ4n) is 3.12. The van der Waals surface area contributed by atoms with Gasteiger partial charge in [-0.25, -0.2) is 4.99 Å². The van der Waals surface area contributed by atoms with E-state index >= 15 is 0 Å². The number of piperazine rings is 1. The van der Waals surface area contributed by atoms with Gasteiger partial charge in [0, 0.05) is 45.3 Å². The van der Waals surface area contributed by atoms with Crippen LogP contribution in [-0.4, -0.2) is 73.5 Å². The lowest BCUT2D eigenvalue weighted by molar-refractivity contribution is -0.119. The lowest BCUT2D eigenvalue weighted by atomic mass is 10.2. The predicted octanol–water partition coefficient (Wildman–Crippen LogP) is 2.18. The normalized spacial score (nSPS) is 18.0. The molecule has 1 aromatic rings. The molecule has 1 saturated heterocycles. The molecule has 1 aliphatic heterocycles. The second-order valence-electron chi connectivity index (χ2n) is 7.11. The van der Waals surface area contributed by atoms with Crippen molar-refractivity contribution in [1.29, 1.82) is 0 Å². The van der Waals surface area contributed by atoms with Gasteiger partial charge < -0.3 is 15.5 Å². The van der Waals surface area contributed by atoms with E-state index in [0.29, 0.717) is 6.04 Å². The van der Waals surface area contributed by atoms with Crippen LogP contribution in [0, 0.1) is 0 Å². The first kappa shape index (κ1) is 22.7. The Bertz CT molecular complexity index is 652. The van der Waals surface area contributed by atoms with Gasteiger partial charge in [-0.3, -0.25) is 9.69 Å². The van der Waals surface area contributed by atoms with Crippen molar-refractivity contribution >= 4 is 41.9 Å². The standard InChI is InChI=1S/C21H31N5O.HI/c1-2-22-21(23-17-20(27)24-19-10-11-19)26-15-13-25(14-16-26)12-6-9-18-7-4-3-5-8-18;/h3-9,19H,2,10-17H2,1H3,(H,22,23)(H,24,27);1H. The molecule has 0 radical (unpaired) electrons. The van der Waals surface area contributed by atoms with Gasteiger partial charge in [0.2, 0.25) is 5.91 Å². The van der Waals surface area contributed by atoms with Gasteiger partial charge in [-0.15, -0.1) is 24.0 Å². The highest BCUT2D eigenvalue weighted by molar-refractivity contribution is 14.0. The van der Waals surface area contributed by atoms with Gasteiger partial charge in [-0.1, -0.05) is 42.5 Å². The molecule has 2 fully saturated rings. The third-order valence-corrected chi connectivity index (χ3v) is 4.80. The molecule has 2 N–H and O–H groups in total. The van der Waals surface area contributed by atoms with Gasteiger partial charge in [-0.05, 0) is 25.3 Å². The Morgan fingerprint density at radius 2 is 1.89 bits per heavy atom. The fourth-order valence-corrected chi connectivity index (χ4v) is 3.12. The van der Waals surface area contributed by atoms with E-state index in [4.69, 9.17) is 0 Å². The second kappa shape index (κ2) is 12.1. The summed E-state index contributed by atoms with van der Waals surface area (Å²) in [5, 5.41) is 6.31. The van der Waals surface area contributed by atoms with Crippen molar-refractivity contribution in [2.75, 3.05) is 45.8 Å². The number of amides is 1. The number of benzene rings is 1. The zero-order valence-electron chi connectivity index (χ0n) is 16.6. The number of rotatable bonds is 7. The maximum atomic E-state index is 11.9. The van der Waals surface area contributed by atoms with Crippen LogP contribution in [0.5, 0.6) is 0 Å². The SMILES string of the molecule is CCNC(=NCC(=O)NC1CC1)N1CCN(CC=Cc2ccccc2)CC1.I. The molecule has 7 heteroatoms. The Morgan fingerprint density at radius 1 is 1.18 bits per heavy atom. The number of aliphatic imine (C=N–C) groups is 1. The summed E-state index contributed by atoms with van der Waals surface area (Å²) in [4.78, 5) is 21.1. The average Bonchev–Trinajstić information content (AvgIpc) is 3.50. The molecule has 0 aromatic heterocycles. The van der Waals surface area contributed by atoms with Crippen molar-refractivity contribution in [3.8, 4) is 0 Å². The van der Waals surface area contributed by atoms with Gasteiger partial charge in [0.25, 0.3) is 0 Å². The summed E-state index contributed by atoms with van der Waals surface area (Å²) >= 11 is 0. The number of nitrogens with zero attached hydrogens (tertiary/aromatic N) is 3. The van der Waals surface area contributed by atoms with Crippen molar-refractivity contribution in [2.45, 2.75) is 25.8 Å². The first-order valence-electron chi connectivity index (χ1n) is 10.0. The third-order valence-electron chi connectivity index (χ3n) is 4.80. The summed E-state index contributed by atoms with van der Waals surface area (Å²) in [5.41, 5.74) is 1.24. The fraction of sp³-hybridized carbons (Fsp3) is 0.524. The van der Waals surface area contributed by atoms with Gasteiger partial charge in [0.1, 0.15) is 6.54 Å². The van der Waals surface area contributed by atoms with E-state index in [1.165, 1.54) is 5.56 Å². The Labute approximate surface area is 185 Å². The highest BCUT2D eigenvalue weighted by atomic mass is 127. The van der Waals surface area contributed by atoms with Gasteiger partial charge >= 0.3 is 0 Å². The zero-order valence-corrected chi connectivity index (χ0v) is 19.0. The topological polar surface area (TPSA) is 60.0 Å². The molecule has 3 rings (SSSR count). The highest BCUT2D eigenvalue weighted by Crippen LogP contribution is 2.18. The van der Waals surface area contributed by atoms with Crippen LogP contribution in [0.1, 0.15) is 25.3 Å². The molecule has 6 nitrogen and oxygen atoms in total. The van der Waals surface area contributed by atoms with Crippen LogP contribution in [0.15, 0.2) is 41.4 Å². The van der Waals surface area contributed by atoms with Crippen molar-refractivity contribution in [2.24, 2.45) is 4.99 Å². The molecule has 0 atom stereocenters. The predicted molar refractivity (Wildman–Crippen MR) is 126 cm³/mol. The number of guanidine groups is 1. The Kier molecular flexibility index (Phi) is 9.77. The molecule has 28 heavy (non-hydrogen) atoms. The Hall–Kier alpha value is -1.61. The van der Waals surface area contributed by atoms with Gasteiger partial charge in [-0.2, -0.15) is 0 Å². The molecule has 2 aliphatic rings. The van der Waals surface area contributed by atoms with Crippen LogP contribution in [0.4, 0.5) is 0 Å². The summed E-state index contributed by atoms with van der Waals surface area (Å²) in [5.74, 6) is 0.875. The zero-order chi connectivity index (χ0) is 18.9. The maximum absolute atomic E-state index is 11.9. The van der Waals surface area contributed by atoms with Crippen molar-refractivity contribution in [3.05, 3.63) is 42.0 Å². The van der Waals surface area contributed by atoms with Crippen LogP contribution in [-0.2, 0) is 4.79 Å². The largest absolute Gasteiger partial charge is 0.357 e. The number of hydrogen-bond acceptors (Lipinski definition) is 3. The van der Waals surface area contributed by atoms with Crippen molar-refractivity contribution in [3.63, 3.8) is 0 Å². The number of halogens is 1. The quantitative estimate of drug-likeness (QED) is 0.345. The summed E-state index contributed by atoms with van der Waals surface area (Å²) < 4.78 is 0. The minimum absolute atomic E-state index is 0. The van der Waals surface area contributed by atoms with Crippen LogP contribution < -0.4 is 10.6 Å². The minimum atomic E-state index is 0. The first-order chi connectivity index (χ1) is 13.2. The van der Waals surface area contributed by atoms with E-state index in [0.717, 1.165) is 58.1 Å². The number of hydrogen-bond donors (Lipinski definition) is 2. The molecule has 1 heterocycles. The van der Waals surface area contributed by atoms with Crippen LogP contribution in [0.25, 0.3) is 6.08 Å². The average molecular weight is 497 g/mol. The Balaban J connectivity index is 0.00000280. The number of nitrogens with one attached hydrogen (secondary N) is 2. The smallest absolute Gasteiger partial charge is 0.242 e. The van der Waals surface area contributed by atoms with E-state index in [-0.39, 0.29) is 36.4 Å². The van der Waals surface area contributed by atoms with E-state index in [2.05, 4.69) is 68.8 Å². The Morgan fingerprint density at radius 3 is 2.54 bits per heavy atom. The van der Waals surface area contributed by atoms with Crippen molar-refractivity contribution < 1.29 is 4.79 Å². The van der Waals surface area contributed by atoms with Crippen molar-refractivity contribution in [1.82, 2.24) is 20.4 Å². The summed E-state index contributed by atoms with van der Waals surface area (Å²) in [6, 6.07) is 10.8. The lowest BCUT2D eigenvalue weighted by Crippen LogP contribution is -2.52. The van der Waals surface area contributed by atoms with Gasteiger partial charge in [0.15, 0.2) is 5.96 Å². The lowest BCUT2D eigenvalue weighted by Gasteiger charge is -2.36. The monoisotopic (exact) mass is 497 g/mol. The molecule has 1 aliphatic carbocycles. The molecule has 1 saturated carbocycles. The van der Waals surface area contributed by atoms with E-state index in [1.807, 2.05) is 6.07 Å². The third kappa shape index (κ3) is 7.79. The summed E-state index contributed by atoms with van der Waals surface area (Å²) in [6.45, 7) is 7.88.